The Morgan fingerprint density at radius 3 is 3.00 bits per heavy atom. The fraction of sp³-hybridized carbons (Fsp3) is 1.00. The number of likely N-dealkylation sites (tertiary alicyclic amines) is 1. The molecule has 54 valence electrons. The largest absolute Gasteiger partial charge is 0.303 e. The molecule has 0 radical (unpaired) electrons. The Morgan fingerprint density at radius 2 is 2.22 bits per heavy atom. The second-order valence-electron chi connectivity index (χ2n) is 2.86. The Balaban J connectivity index is 2.29. The van der Waals surface area contributed by atoms with Gasteiger partial charge in [0.1, 0.15) is 6.17 Å². The van der Waals surface area contributed by atoms with Crippen LogP contribution in [0, 0.1) is 0 Å². The maximum atomic E-state index is 12.7. The van der Waals surface area contributed by atoms with Gasteiger partial charge in [0.05, 0.1) is 0 Å². The number of nitrogens with zero attached hydrogens (tertiary/aromatic N) is 1. The minimum atomic E-state index is -0.572. The van der Waals surface area contributed by atoms with Gasteiger partial charge in [-0.05, 0) is 32.9 Å². The molecule has 0 aromatic heterocycles. The number of alkyl halides is 1. The SMILES string of the molecule is CN1CCCC[C@@H](F)C1. The highest BCUT2D eigenvalue weighted by atomic mass is 19.1. The lowest BCUT2D eigenvalue weighted by Crippen LogP contribution is -2.24. The van der Waals surface area contributed by atoms with Crippen LogP contribution in [0.25, 0.3) is 0 Å². The number of halogens is 1. The lowest BCUT2D eigenvalue weighted by atomic mass is 10.2. The van der Waals surface area contributed by atoms with E-state index >= 15 is 0 Å². The molecule has 0 spiro atoms. The molecule has 0 bridgehead atoms. The third-order valence-corrected chi connectivity index (χ3v) is 1.82. The summed E-state index contributed by atoms with van der Waals surface area (Å²) in [5.41, 5.74) is 0. The Morgan fingerprint density at radius 1 is 1.44 bits per heavy atom. The van der Waals surface area contributed by atoms with Crippen molar-refractivity contribution >= 4 is 0 Å². The topological polar surface area (TPSA) is 3.24 Å². The van der Waals surface area contributed by atoms with E-state index in [2.05, 4.69) is 4.90 Å². The average Bonchev–Trinajstić information content (AvgIpc) is 1.93. The fourth-order valence-electron chi connectivity index (χ4n) is 1.27. The molecule has 1 rings (SSSR count). The van der Waals surface area contributed by atoms with Crippen LogP contribution < -0.4 is 0 Å². The highest BCUT2D eigenvalue weighted by molar-refractivity contribution is 4.66. The third-order valence-electron chi connectivity index (χ3n) is 1.82. The fourth-order valence-corrected chi connectivity index (χ4v) is 1.27. The zero-order chi connectivity index (χ0) is 6.69. The molecule has 0 aromatic carbocycles. The minimum Gasteiger partial charge on any atom is -0.303 e. The molecule has 2 heteroatoms. The van der Waals surface area contributed by atoms with Gasteiger partial charge in [-0.1, -0.05) is 0 Å². The van der Waals surface area contributed by atoms with E-state index in [4.69, 9.17) is 0 Å². The van der Waals surface area contributed by atoms with Crippen LogP contribution >= 0.6 is 0 Å². The van der Waals surface area contributed by atoms with Crippen molar-refractivity contribution in [3.8, 4) is 0 Å². The van der Waals surface area contributed by atoms with Gasteiger partial charge in [-0.3, -0.25) is 0 Å². The molecule has 1 nitrogen and oxygen atoms in total. The summed E-state index contributed by atoms with van der Waals surface area (Å²) in [7, 11) is 1.98. The maximum absolute atomic E-state index is 12.7. The molecule has 1 heterocycles. The second kappa shape index (κ2) is 3.16. The van der Waals surface area contributed by atoms with Crippen molar-refractivity contribution in [1.29, 1.82) is 0 Å². The van der Waals surface area contributed by atoms with Gasteiger partial charge in [-0.25, -0.2) is 4.39 Å². The van der Waals surface area contributed by atoms with Crippen molar-refractivity contribution in [3.05, 3.63) is 0 Å². The van der Waals surface area contributed by atoms with Crippen LogP contribution in [0.3, 0.4) is 0 Å². The predicted molar refractivity (Wildman–Crippen MR) is 36.2 cm³/mol. The summed E-state index contributed by atoms with van der Waals surface area (Å²) in [6.45, 7) is 1.71. The lowest BCUT2D eigenvalue weighted by Gasteiger charge is -2.13. The van der Waals surface area contributed by atoms with Crippen LogP contribution in [0.2, 0.25) is 0 Å². The Kier molecular flexibility index (Phi) is 2.46. The minimum absolute atomic E-state index is 0.572. The highest BCUT2D eigenvalue weighted by Crippen LogP contribution is 2.11. The van der Waals surface area contributed by atoms with Gasteiger partial charge in [0, 0.05) is 6.54 Å². The molecular weight excluding hydrogens is 117 g/mol. The normalized spacial score (nSPS) is 32.0. The first kappa shape index (κ1) is 7.00. The van der Waals surface area contributed by atoms with Crippen LogP contribution in [-0.2, 0) is 0 Å². The van der Waals surface area contributed by atoms with Crippen LogP contribution in [0.5, 0.6) is 0 Å². The van der Waals surface area contributed by atoms with E-state index in [9.17, 15) is 4.39 Å². The van der Waals surface area contributed by atoms with E-state index in [0.717, 1.165) is 25.8 Å². The average molecular weight is 131 g/mol. The first-order chi connectivity index (χ1) is 4.29. The molecule has 1 fully saturated rings. The molecule has 0 amide bonds. The molecule has 9 heavy (non-hydrogen) atoms. The van der Waals surface area contributed by atoms with Crippen molar-refractivity contribution in [2.45, 2.75) is 25.4 Å². The molecule has 1 aliphatic heterocycles. The molecule has 0 aromatic rings. The van der Waals surface area contributed by atoms with E-state index in [0.29, 0.717) is 6.54 Å². The van der Waals surface area contributed by atoms with Crippen molar-refractivity contribution in [2.75, 3.05) is 20.1 Å². The molecule has 0 unspecified atom stereocenters. The Labute approximate surface area is 55.8 Å². The molecule has 0 aliphatic carbocycles. The quantitative estimate of drug-likeness (QED) is 0.481. The first-order valence-electron chi connectivity index (χ1n) is 3.61. The summed E-state index contributed by atoms with van der Waals surface area (Å²) >= 11 is 0. The zero-order valence-electron chi connectivity index (χ0n) is 5.94. The van der Waals surface area contributed by atoms with E-state index in [1.807, 2.05) is 7.05 Å². The lowest BCUT2D eigenvalue weighted by molar-refractivity contribution is 0.237. The van der Waals surface area contributed by atoms with Crippen molar-refractivity contribution in [1.82, 2.24) is 4.90 Å². The van der Waals surface area contributed by atoms with Crippen LogP contribution in [-0.4, -0.2) is 31.2 Å². The van der Waals surface area contributed by atoms with Gasteiger partial charge >= 0.3 is 0 Å². The predicted octanol–water partition coefficient (Wildman–Crippen LogP) is 1.44. The summed E-state index contributed by atoms with van der Waals surface area (Å²) in [5, 5.41) is 0. The summed E-state index contributed by atoms with van der Waals surface area (Å²) in [6.07, 6.45) is 2.42. The second-order valence-corrected chi connectivity index (χ2v) is 2.86. The standard InChI is InChI=1S/C7H14FN/c1-9-5-3-2-4-7(8)6-9/h7H,2-6H2,1H3/t7-/m1/s1. The Hall–Kier alpha value is -0.110. The van der Waals surface area contributed by atoms with Crippen LogP contribution in [0.4, 0.5) is 4.39 Å². The van der Waals surface area contributed by atoms with Crippen molar-refractivity contribution in [2.24, 2.45) is 0 Å². The monoisotopic (exact) mass is 131 g/mol. The van der Waals surface area contributed by atoms with Gasteiger partial charge in [-0.15, -0.1) is 0 Å². The summed E-state index contributed by atoms with van der Waals surface area (Å²) in [6, 6.07) is 0. The van der Waals surface area contributed by atoms with Gasteiger partial charge in [0.15, 0.2) is 0 Å². The van der Waals surface area contributed by atoms with E-state index < -0.39 is 6.17 Å². The van der Waals surface area contributed by atoms with E-state index in [1.54, 1.807) is 0 Å². The molecule has 0 saturated carbocycles. The smallest absolute Gasteiger partial charge is 0.113 e. The molecule has 0 N–H and O–H groups in total. The maximum Gasteiger partial charge on any atom is 0.113 e. The van der Waals surface area contributed by atoms with Gasteiger partial charge in [0.25, 0.3) is 0 Å². The van der Waals surface area contributed by atoms with Gasteiger partial charge in [-0.2, -0.15) is 0 Å². The summed E-state index contributed by atoms with van der Waals surface area (Å²) < 4.78 is 12.7. The molecule has 1 aliphatic rings. The first-order valence-corrected chi connectivity index (χ1v) is 3.61. The van der Waals surface area contributed by atoms with E-state index in [-0.39, 0.29) is 0 Å². The third kappa shape index (κ3) is 2.31. The van der Waals surface area contributed by atoms with E-state index in [1.165, 1.54) is 0 Å². The highest BCUT2D eigenvalue weighted by Gasteiger charge is 2.12. The molecule has 1 saturated heterocycles. The van der Waals surface area contributed by atoms with Crippen molar-refractivity contribution in [3.63, 3.8) is 0 Å². The summed E-state index contributed by atoms with van der Waals surface area (Å²) in [4.78, 5) is 2.07. The number of hydrogen-bond donors (Lipinski definition) is 0. The van der Waals surface area contributed by atoms with Crippen molar-refractivity contribution < 1.29 is 4.39 Å². The zero-order valence-corrected chi connectivity index (χ0v) is 5.94. The molecule has 1 atom stereocenters. The Bertz CT molecular complexity index is 75.0. The van der Waals surface area contributed by atoms with Gasteiger partial charge in [0.2, 0.25) is 0 Å². The van der Waals surface area contributed by atoms with Gasteiger partial charge < -0.3 is 4.90 Å². The molecular formula is C7H14FN. The number of hydrogen-bond acceptors (Lipinski definition) is 1. The number of rotatable bonds is 0. The summed E-state index contributed by atoms with van der Waals surface area (Å²) in [5.74, 6) is 0. The van der Waals surface area contributed by atoms with Crippen LogP contribution in [0.1, 0.15) is 19.3 Å². The van der Waals surface area contributed by atoms with Crippen LogP contribution in [0.15, 0.2) is 0 Å².